The third-order valence-corrected chi connectivity index (χ3v) is 4.41. The summed E-state index contributed by atoms with van der Waals surface area (Å²) in [4.78, 5) is 17.3. The number of nitrogens with zero attached hydrogens (tertiary/aromatic N) is 1. The van der Waals surface area contributed by atoms with Crippen molar-refractivity contribution in [2.75, 3.05) is 5.73 Å². The smallest absolute Gasteiger partial charge is 0.339 e. The number of hydrogen-bond acceptors (Lipinski definition) is 5. The lowest BCUT2D eigenvalue weighted by Gasteiger charge is -2.06. The first-order valence-electron chi connectivity index (χ1n) is 5.73. The molecule has 1 aromatic carbocycles. The number of esters is 1. The summed E-state index contributed by atoms with van der Waals surface area (Å²) >= 11 is 4.59. The van der Waals surface area contributed by atoms with Crippen LogP contribution in [-0.2, 0) is 11.3 Å². The Morgan fingerprint density at radius 1 is 1.50 bits per heavy atom. The standard InChI is InChI=1S/C13H12BrFN2O2S/c1-6-7(2)20-12(17-6)5-19-13(18)8-3-11(16)10(15)4-9(8)14/h3-4H,5,16H2,1-2H3. The molecule has 0 amide bonds. The Balaban J connectivity index is 2.11. The molecule has 0 aliphatic heterocycles. The first-order valence-corrected chi connectivity index (χ1v) is 7.34. The van der Waals surface area contributed by atoms with Crippen molar-refractivity contribution in [2.45, 2.75) is 20.5 Å². The van der Waals surface area contributed by atoms with Crippen LogP contribution < -0.4 is 5.73 Å². The molecule has 0 radical (unpaired) electrons. The van der Waals surface area contributed by atoms with E-state index < -0.39 is 11.8 Å². The number of carbonyl (C=O) groups is 1. The van der Waals surface area contributed by atoms with E-state index in [1.54, 1.807) is 0 Å². The lowest BCUT2D eigenvalue weighted by molar-refractivity contribution is 0.0471. The fraction of sp³-hybridized carbons (Fsp3) is 0.231. The van der Waals surface area contributed by atoms with E-state index >= 15 is 0 Å². The molecule has 2 N–H and O–H groups in total. The van der Waals surface area contributed by atoms with Gasteiger partial charge in [0, 0.05) is 9.35 Å². The van der Waals surface area contributed by atoms with Gasteiger partial charge in [-0.15, -0.1) is 11.3 Å². The number of rotatable bonds is 3. The third-order valence-electron chi connectivity index (χ3n) is 2.71. The molecule has 0 saturated heterocycles. The second-order valence-electron chi connectivity index (χ2n) is 4.18. The lowest BCUT2D eigenvalue weighted by atomic mass is 10.2. The zero-order valence-electron chi connectivity index (χ0n) is 10.9. The molecular formula is C13H12BrFN2O2S. The van der Waals surface area contributed by atoms with Crippen LogP contribution in [0.3, 0.4) is 0 Å². The molecule has 0 aliphatic carbocycles. The van der Waals surface area contributed by atoms with Crippen LogP contribution in [0.2, 0.25) is 0 Å². The van der Waals surface area contributed by atoms with E-state index in [2.05, 4.69) is 20.9 Å². The molecule has 106 valence electrons. The minimum atomic E-state index is -0.584. The molecule has 2 aromatic rings. The Kier molecular flexibility index (Phi) is 4.39. The molecule has 1 heterocycles. The molecule has 20 heavy (non-hydrogen) atoms. The maximum absolute atomic E-state index is 13.2. The highest BCUT2D eigenvalue weighted by Gasteiger charge is 2.15. The van der Waals surface area contributed by atoms with Crippen molar-refractivity contribution in [1.82, 2.24) is 4.98 Å². The molecule has 1 aromatic heterocycles. The third kappa shape index (κ3) is 3.16. The number of nitrogen functional groups attached to an aromatic ring is 1. The molecule has 7 heteroatoms. The number of anilines is 1. The zero-order chi connectivity index (χ0) is 14.9. The summed E-state index contributed by atoms with van der Waals surface area (Å²) in [6, 6.07) is 2.39. The normalized spacial score (nSPS) is 10.6. The average Bonchev–Trinajstić information content (AvgIpc) is 2.70. The molecule has 4 nitrogen and oxygen atoms in total. The summed E-state index contributed by atoms with van der Waals surface area (Å²) < 4.78 is 18.7. The number of hydrogen-bond donors (Lipinski definition) is 1. The molecule has 0 fully saturated rings. The summed E-state index contributed by atoms with van der Waals surface area (Å²) in [5, 5.41) is 0.722. The summed E-state index contributed by atoms with van der Waals surface area (Å²) in [6.07, 6.45) is 0. The van der Waals surface area contributed by atoms with E-state index in [1.807, 2.05) is 13.8 Å². The van der Waals surface area contributed by atoms with E-state index in [0.29, 0.717) is 4.47 Å². The van der Waals surface area contributed by atoms with Crippen LogP contribution in [0.1, 0.15) is 25.9 Å². The van der Waals surface area contributed by atoms with Crippen LogP contribution in [0, 0.1) is 19.7 Å². The summed E-state index contributed by atoms with van der Waals surface area (Å²) in [6.45, 7) is 3.94. The molecule has 0 bridgehead atoms. The van der Waals surface area contributed by atoms with Crippen molar-refractivity contribution in [3.63, 3.8) is 0 Å². The molecule has 0 saturated carbocycles. The summed E-state index contributed by atoms with van der Waals surface area (Å²) in [5.74, 6) is -1.16. The van der Waals surface area contributed by atoms with Gasteiger partial charge in [-0.2, -0.15) is 0 Å². The number of aryl methyl sites for hydroxylation is 2. The van der Waals surface area contributed by atoms with Crippen molar-refractivity contribution < 1.29 is 13.9 Å². The van der Waals surface area contributed by atoms with Crippen molar-refractivity contribution in [3.05, 3.63) is 43.6 Å². The summed E-state index contributed by atoms with van der Waals surface area (Å²) in [7, 11) is 0. The van der Waals surface area contributed by atoms with Gasteiger partial charge in [0.2, 0.25) is 0 Å². The fourth-order valence-electron chi connectivity index (χ4n) is 1.53. The molecule has 0 atom stereocenters. The van der Waals surface area contributed by atoms with Crippen LogP contribution in [0.15, 0.2) is 16.6 Å². The number of benzene rings is 1. The Morgan fingerprint density at radius 2 is 2.20 bits per heavy atom. The number of thiazole rings is 1. The van der Waals surface area contributed by atoms with E-state index in [-0.39, 0.29) is 17.9 Å². The maximum Gasteiger partial charge on any atom is 0.339 e. The van der Waals surface area contributed by atoms with Gasteiger partial charge in [0.1, 0.15) is 17.4 Å². The molecular weight excluding hydrogens is 347 g/mol. The van der Waals surface area contributed by atoms with Crippen molar-refractivity contribution in [1.29, 1.82) is 0 Å². The van der Waals surface area contributed by atoms with Crippen LogP contribution in [0.25, 0.3) is 0 Å². The zero-order valence-corrected chi connectivity index (χ0v) is 13.3. The Labute approximate surface area is 127 Å². The van der Waals surface area contributed by atoms with Gasteiger partial charge in [0.05, 0.1) is 16.9 Å². The van der Waals surface area contributed by atoms with Crippen molar-refractivity contribution >= 4 is 38.9 Å². The number of ether oxygens (including phenoxy) is 1. The second-order valence-corrected chi connectivity index (χ2v) is 6.32. The molecule has 2 rings (SSSR count). The van der Waals surface area contributed by atoms with Gasteiger partial charge in [-0.25, -0.2) is 14.2 Å². The predicted octanol–water partition coefficient (Wildman–Crippen LogP) is 3.60. The molecule has 0 spiro atoms. The van der Waals surface area contributed by atoms with Crippen LogP contribution >= 0.6 is 27.3 Å². The molecule has 0 aliphatic rings. The van der Waals surface area contributed by atoms with Gasteiger partial charge in [-0.05, 0) is 41.9 Å². The maximum atomic E-state index is 13.2. The SMILES string of the molecule is Cc1nc(COC(=O)c2cc(N)c(F)cc2Br)sc1C. The number of aromatic nitrogens is 1. The van der Waals surface area contributed by atoms with E-state index in [0.717, 1.165) is 21.6 Å². The highest BCUT2D eigenvalue weighted by atomic mass is 79.9. The Hall–Kier alpha value is -1.47. The van der Waals surface area contributed by atoms with Gasteiger partial charge in [0.25, 0.3) is 0 Å². The van der Waals surface area contributed by atoms with E-state index in [1.165, 1.54) is 17.4 Å². The molecule has 0 unspecified atom stereocenters. The van der Waals surface area contributed by atoms with Gasteiger partial charge < -0.3 is 10.5 Å². The Bertz CT molecular complexity index is 653. The number of nitrogens with two attached hydrogens (primary N) is 1. The summed E-state index contributed by atoms with van der Waals surface area (Å²) in [5.41, 5.74) is 6.46. The van der Waals surface area contributed by atoms with Crippen molar-refractivity contribution in [2.24, 2.45) is 0 Å². The lowest BCUT2D eigenvalue weighted by Crippen LogP contribution is -2.07. The van der Waals surface area contributed by atoms with Gasteiger partial charge in [-0.3, -0.25) is 0 Å². The fourth-order valence-corrected chi connectivity index (χ4v) is 2.85. The van der Waals surface area contributed by atoms with Crippen molar-refractivity contribution in [3.8, 4) is 0 Å². The first kappa shape index (κ1) is 14.9. The quantitative estimate of drug-likeness (QED) is 0.672. The van der Waals surface area contributed by atoms with E-state index in [9.17, 15) is 9.18 Å². The minimum Gasteiger partial charge on any atom is -0.455 e. The monoisotopic (exact) mass is 358 g/mol. The second kappa shape index (κ2) is 5.88. The van der Waals surface area contributed by atoms with Gasteiger partial charge in [0.15, 0.2) is 0 Å². The highest BCUT2D eigenvalue weighted by molar-refractivity contribution is 9.10. The number of halogens is 2. The van der Waals surface area contributed by atoms with Crippen LogP contribution in [-0.4, -0.2) is 11.0 Å². The van der Waals surface area contributed by atoms with Crippen LogP contribution in [0.4, 0.5) is 10.1 Å². The van der Waals surface area contributed by atoms with Crippen LogP contribution in [0.5, 0.6) is 0 Å². The first-order chi connectivity index (χ1) is 9.38. The number of carbonyl (C=O) groups excluding carboxylic acids is 1. The minimum absolute atomic E-state index is 0.0852. The van der Waals surface area contributed by atoms with E-state index in [4.69, 9.17) is 10.5 Å². The highest BCUT2D eigenvalue weighted by Crippen LogP contribution is 2.24. The topological polar surface area (TPSA) is 65.2 Å². The predicted molar refractivity (Wildman–Crippen MR) is 79.2 cm³/mol. The average molecular weight is 359 g/mol. The Morgan fingerprint density at radius 3 is 2.80 bits per heavy atom. The largest absolute Gasteiger partial charge is 0.455 e. The van der Waals surface area contributed by atoms with Gasteiger partial charge >= 0.3 is 5.97 Å². The van der Waals surface area contributed by atoms with Gasteiger partial charge in [-0.1, -0.05) is 0 Å².